The van der Waals surface area contributed by atoms with Crippen molar-refractivity contribution in [2.75, 3.05) is 11.9 Å². The predicted octanol–water partition coefficient (Wildman–Crippen LogP) is 3.27. The Bertz CT molecular complexity index is 682. The molecule has 1 heterocycles. The highest BCUT2D eigenvalue weighted by atomic mass is 16.6. The Morgan fingerprint density at radius 2 is 2.04 bits per heavy atom. The third-order valence-corrected chi connectivity index (χ3v) is 3.14. The highest BCUT2D eigenvalue weighted by Gasteiger charge is 2.12. The van der Waals surface area contributed by atoms with Crippen LogP contribution in [0.4, 0.5) is 5.82 Å². The molecular weight excluding hydrogens is 294 g/mol. The number of nitrogens with zero attached hydrogens (tertiary/aromatic N) is 2. The highest BCUT2D eigenvalue weighted by molar-refractivity contribution is 5.90. The lowest BCUT2D eigenvalue weighted by Gasteiger charge is -2.18. The van der Waals surface area contributed by atoms with E-state index in [9.17, 15) is 4.79 Å². The maximum absolute atomic E-state index is 11.6. The van der Waals surface area contributed by atoms with Crippen molar-refractivity contribution in [2.24, 2.45) is 5.16 Å². The minimum atomic E-state index is -0.349. The number of carbonyl (C=O) groups is 1. The number of hydrogen-bond donors (Lipinski definition) is 1. The van der Waals surface area contributed by atoms with Crippen molar-refractivity contribution < 1.29 is 14.2 Å². The molecule has 0 radical (unpaired) electrons. The molecule has 0 aliphatic rings. The number of amides is 1. The first kappa shape index (κ1) is 16.7. The van der Waals surface area contributed by atoms with Crippen LogP contribution in [0.25, 0.3) is 0 Å². The summed E-state index contributed by atoms with van der Waals surface area (Å²) >= 11 is 0. The van der Waals surface area contributed by atoms with E-state index in [-0.39, 0.29) is 17.9 Å². The number of rotatable bonds is 5. The fourth-order valence-electron chi connectivity index (χ4n) is 1.87. The van der Waals surface area contributed by atoms with Gasteiger partial charge in [0.2, 0.25) is 0 Å². The predicted molar refractivity (Wildman–Crippen MR) is 88.6 cm³/mol. The van der Waals surface area contributed by atoms with E-state index in [0.717, 1.165) is 5.56 Å². The lowest BCUT2D eigenvalue weighted by Crippen LogP contribution is -2.17. The molecule has 23 heavy (non-hydrogen) atoms. The summed E-state index contributed by atoms with van der Waals surface area (Å²) in [5.74, 6) is 0.634. The van der Waals surface area contributed by atoms with Crippen molar-refractivity contribution in [3.8, 4) is 0 Å². The molecular formula is C17H21N3O3. The van der Waals surface area contributed by atoms with Crippen LogP contribution in [0.5, 0.6) is 0 Å². The van der Waals surface area contributed by atoms with Crippen LogP contribution in [-0.4, -0.2) is 23.9 Å². The Morgan fingerprint density at radius 1 is 1.35 bits per heavy atom. The second-order valence-electron chi connectivity index (χ2n) is 6.25. The van der Waals surface area contributed by atoms with Gasteiger partial charge in [0.1, 0.15) is 5.76 Å². The van der Waals surface area contributed by atoms with Gasteiger partial charge < -0.3 is 14.7 Å². The molecule has 1 amide bonds. The van der Waals surface area contributed by atoms with Gasteiger partial charge in [-0.1, -0.05) is 55.3 Å². The van der Waals surface area contributed by atoms with E-state index >= 15 is 0 Å². The van der Waals surface area contributed by atoms with Crippen molar-refractivity contribution >= 4 is 17.9 Å². The van der Waals surface area contributed by atoms with Crippen molar-refractivity contribution in [1.82, 2.24) is 5.16 Å². The summed E-state index contributed by atoms with van der Waals surface area (Å²) in [6, 6.07) is 9.66. The van der Waals surface area contributed by atoms with Crippen molar-refractivity contribution in [1.29, 1.82) is 0 Å². The number of oxime groups is 1. The van der Waals surface area contributed by atoms with Gasteiger partial charge in [0.15, 0.2) is 12.4 Å². The molecule has 0 saturated heterocycles. The van der Waals surface area contributed by atoms with Gasteiger partial charge in [-0.25, -0.2) is 0 Å². The van der Waals surface area contributed by atoms with Gasteiger partial charge in [-0.15, -0.1) is 0 Å². The van der Waals surface area contributed by atoms with Gasteiger partial charge in [-0.2, -0.15) is 0 Å². The van der Waals surface area contributed by atoms with Crippen molar-refractivity contribution in [3.63, 3.8) is 0 Å². The van der Waals surface area contributed by atoms with Gasteiger partial charge in [0.05, 0.1) is 6.21 Å². The fraction of sp³-hybridized carbons (Fsp3) is 0.353. The molecule has 1 N–H and O–H groups in total. The SMILES string of the molecule is Cc1cc(NC(=O)CO/N=C/c2ccc(C(C)(C)C)cc2)no1. The van der Waals surface area contributed by atoms with Crippen LogP contribution in [0.3, 0.4) is 0 Å². The quantitative estimate of drug-likeness (QED) is 0.678. The third kappa shape index (κ3) is 5.25. The largest absolute Gasteiger partial charge is 0.386 e. The molecule has 0 atom stereocenters. The van der Waals surface area contributed by atoms with Crippen LogP contribution >= 0.6 is 0 Å². The van der Waals surface area contributed by atoms with Crippen molar-refractivity contribution in [3.05, 3.63) is 47.2 Å². The molecule has 122 valence electrons. The average Bonchev–Trinajstić information content (AvgIpc) is 2.88. The summed E-state index contributed by atoms with van der Waals surface area (Å²) in [7, 11) is 0. The number of aromatic nitrogens is 1. The van der Waals surface area contributed by atoms with Crippen LogP contribution in [0, 0.1) is 6.92 Å². The Balaban J connectivity index is 1.79. The molecule has 0 aliphatic heterocycles. The third-order valence-electron chi connectivity index (χ3n) is 3.14. The highest BCUT2D eigenvalue weighted by Crippen LogP contribution is 2.21. The molecule has 2 aromatic rings. The average molecular weight is 315 g/mol. The van der Waals surface area contributed by atoms with Crippen LogP contribution in [0.15, 0.2) is 40.0 Å². The second kappa shape index (κ2) is 7.09. The summed E-state index contributed by atoms with van der Waals surface area (Å²) in [5, 5.41) is 9.99. The number of anilines is 1. The number of nitrogens with one attached hydrogen (secondary N) is 1. The van der Waals surface area contributed by atoms with Gasteiger partial charge in [0.25, 0.3) is 5.91 Å². The Hall–Kier alpha value is -2.63. The molecule has 6 heteroatoms. The van der Waals surface area contributed by atoms with E-state index in [4.69, 9.17) is 9.36 Å². The first-order chi connectivity index (χ1) is 10.8. The van der Waals surface area contributed by atoms with Gasteiger partial charge in [-0.05, 0) is 23.5 Å². The number of carbonyl (C=O) groups excluding carboxylic acids is 1. The molecule has 0 unspecified atom stereocenters. The minimum absolute atomic E-state index is 0.115. The Kier molecular flexibility index (Phi) is 5.16. The van der Waals surface area contributed by atoms with Crippen LogP contribution in [0.2, 0.25) is 0 Å². The molecule has 1 aromatic carbocycles. The molecule has 0 saturated carbocycles. The van der Waals surface area contributed by atoms with Gasteiger partial charge >= 0.3 is 0 Å². The minimum Gasteiger partial charge on any atom is -0.386 e. The summed E-state index contributed by atoms with van der Waals surface area (Å²) in [4.78, 5) is 16.6. The topological polar surface area (TPSA) is 76.7 Å². The number of aryl methyl sites for hydroxylation is 1. The molecule has 0 spiro atoms. The maximum atomic E-state index is 11.6. The summed E-state index contributed by atoms with van der Waals surface area (Å²) in [5.41, 5.74) is 2.27. The number of hydrogen-bond acceptors (Lipinski definition) is 5. The zero-order chi connectivity index (χ0) is 16.9. The molecule has 0 bridgehead atoms. The van der Waals surface area contributed by atoms with E-state index in [1.807, 2.05) is 12.1 Å². The second-order valence-corrected chi connectivity index (χ2v) is 6.25. The lowest BCUT2D eigenvalue weighted by atomic mass is 9.87. The molecule has 2 rings (SSSR count). The summed E-state index contributed by atoms with van der Waals surface area (Å²) in [6.07, 6.45) is 1.57. The summed E-state index contributed by atoms with van der Waals surface area (Å²) in [6.45, 7) is 8.04. The Morgan fingerprint density at radius 3 is 2.61 bits per heavy atom. The van der Waals surface area contributed by atoms with E-state index in [0.29, 0.717) is 11.6 Å². The van der Waals surface area contributed by atoms with E-state index < -0.39 is 0 Å². The van der Waals surface area contributed by atoms with E-state index in [1.54, 1.807) is 19.2 Å². The monoisotopic (exact) mass is 315 g/mol. The van der Waals surface area contributed by atoms with Crippen LogP contribution < -0.4 is 5.32 Å². The standard InChI is InChI=1S/C17H21N3O3/c1-12-9-15(20-23-12)19-16(21)11-22-18-10-13-5-7-14(8-6-13)17(2,3)4/h5-10H,11H2,1-4H3,(H,19,20,21)/b18-10+. The molecule has 0 aliphatic carbocycles. The molecule has 6 nitrogen and oxygen atoms in total. The number of benzene rings is 1. The van der Waals surface area contributed by atoms with Crippen LogP contribution in [-0.2, 0) is 15.0 Å². The van der Waals surface area contributed by atoms with E-state index in [1.165, 1.54) is 5.56 Å². The summed E-state index contributed by atoms with van der Waals surface area (Å²) < 4.78 is 4.85. The van der Waals surface area contributed by atoms with E-state index in [2.05, 4.69) is 48.5 Å². The first-order valence-electron chi connectivity index (χ1n) is 7.33. The van der Waals surface area contributed by atoms with Crippen molar-refractivity contribution in [2.45, 2.75) is 33.1 Å². The van der Waals surface area contributed by atoms with Crippen LogP contribution in [0.1, 0.15) is 37.7 Å². The zero-order valence-electron chi connectivity index (χ0n) is 13.8. The first-order valence-corrected chi connectivity index (χ1v) is 7.33. The lowest BCUT2D eigenvalue weighted by molar-refractivity contribution is -0.120. The van der Waals surface area contributed by atoms with Gasteiger partial charge in [-0.3, -0.25) is 4.79 Å². The maximum Gasteiger partial charge on any atom is 0.266 e. The Labute approximate surface area is 135 Å². The smallest absolute Gasteiger partial charge is 0.266 e. The fourth-order valence-corrected chi connectivity index (χ4v) is 1.87. The molecule has 0 fully saturated rings. The van der Waals surface area contributed by atoms with Gasteiger partial charge in [0, 0.05) is 6.07 Å². The zero-order valence-corrected chi connectivity index (χ0v) is 13.8. The normalized spacial score (nSPS) is 11.7. The molecule has 1 aromatic heterocycles.